The van der Waals surface area contributed by atoms with E-state index in [1.165, 1.54) is 23.6 Å². The van der Waals surface area contributed by atoms with Gasteiger partial charge >= 0.3 is 0 Å². The number of H-pyrrole nitrogens is 1. The lowest BCUT2D eigenvalue weighted by atomic mass is 10.1. The van der Waals surface area contributed by atoms with Crippen LogP contribution in [0.1, 0.15) is 6.92 Å². The Hall–Kier alpha value is -3.81. The standard InChI is InChI=1S/C19H14FN5O2/c1-11(26)21-15-5-3-2-4-14(15)17-18(27)24-25-10-16(22-19(25)23-17)12-6-8-13(20)9-7-12/h2-10H,1H3,(H,21,26)(H,24,27). The van der Waals surface area contributed by atoms with E-state index in [0.717, 1.165) is 0 Å². The van der Waals surface area contributed by atoms with Crippen LogP contribution in [0.25, 0.3) is 28.3 Å². The van der Waals surface area contributed by atoms with Crippen LogP contribution in [0, 0.1) is 5.82 Å². The third-order valence-corrected chi connectivity index (χ3v) is 3.97. The van der Waals surface area contributed by atoms with Crippen molar-refractivity contribution in [1.29, 1.82) is 0 Å². The van der Waals surface area contributed by atoms with Crippen molar-refractivity contribution in [3.63, 3.8) is 0 Å². The largest absolute Gasteiger partial charge is 0.326 e. The fourth-order valence-corrected chi connectivity index (χ4v) is 2.78. The maximum atomic E-state index is 13.1. The van der Waals surface area contributed by atoms with Gasteiger partial charge in [-0.1, -0.05) is 18.2 Å². The van der Waals surface area contributed by atoms with E-state index in [1.54, 1.807) is 42.6 Å². The summed E-state index contributed by atoms with van der Waals surface area (Å²) < 4.78 is 14.5. The Kier molecular flexibility index (Phi) is 4.00. The molecule has 134 valence electrons. The molecular formula is C19H14FN5O2. The Balaban J connectivity index is 1.84. The van der Waals surface area contributed by atoms with Crippen LogP contribution < -0.4 is 10.9 Å². The van der Waals surface area contributed by atoms with Crippen molar-refractivity contribution in [2.45, 2.75) is 6.92 Å². The predicted molar refractivity (Wildman–Crippen MR) is 98.7 cm³/mol. The molecule has 0 aliphatic carbocycles. The fourth-order valence-electron chi connectivity index (χ4n) is 2.78. The Morgan fingerprint density at radius 3 is 2.59 bits per heavy atom. The molecule has 0 unspecified atom stereocenters. The van der Waals surface area contributed by atoms with Crippen LogP contribution in [0.2, 0.25) is 0 Å². The molecule has 27 heavy (non-hydrogen) atoms. The molecule has 0 bridgehead atoms. The number of carbonyl (C=O) groups excluding carboxylic acids is 1. The lowest BCUT2D eigenvalue weighted by molar-refractivity contribution is -0.114. The lowest BCUT2D eigenvalue weighted by Crippen LogP contribution is -2.17. The Morgan fingerprint density at radius 1 is 1.11 bits per heavy atom. The van der Waals surface area contributed by atoms with Crippen molar-refractivity contribution < 1.29 is 9.18 Å². The normalized spacial score (nSPS) is 10.9. The number of fused-ring (bicyclic) bond motifs is 1. The fraction of sp³-hybridized carbons (Fsp3) is 0.0526. The molecule has 0 aliphatic heterocycles. The van der Waals surface area contributed by atoms with Crippen LogP contribution in [-0.4, -0.2) is 25.5 Å². The summed E-state index contributed by atoms with van der Waals surface area (Å²) in [6, 6.07) is 12.8. The first kappa shape index (κ1) is 16.6. The first-order valence-corrected chi connectivity index (χ1v) is 8.13. The molecule has 0 radical (unpaired) electrons. The zero-order chi connectivity index (χ0) is 19.0. The Morgan fingerprint density at radius 2 is 1.85 bits per heavy atom. The summed E-state index contributed by atoms with van der Waals surface area (Å²) >= 11 is 0. The molecule has 0 aliphatic rings. The molecule has 0 fully saturated rings. The Bertz CT molecular complexity index is 1210. The van der Waals surface area contributed by atoms with Crippen LogP contribution in [0.5, 0.6) is 0 Å². The van der Waals surface area contributed by atoms with Crippen LogP contribution >= 0.6 is 0 Å². The van der Waals surface area contributed by atoms with E-state index in [0.29, 0.717) is 22.5 Å². The second-order valence-corrected chi connectivity index (χ2v) is 5.93. The number of aromatic nitrogens is 4. The summed E-state index contributed by atoms with van der Waals surface area (Å²) in [6.07, 6.45) is 1.61. The lowest BCUT2D eigenvalue weighted by Gasteiger charge is -2.08. The van der Waals surface area contributed by atoms with Crippen LogP contribution in [0.3, 0.4) is 0 Å². The summed E-state index contributed by atoms with van der Waals surface area (Å²) in [5, 5.41) is 5.38. The minimum atomic E-state index is -0.427. The molecule has 2 aromatic carbocycles. The van der Waals surface area contributed by atoms with Crippen LogP contribution in [-0.2, 0) is 4.79 Å². The number of para-hydroxylation sites is 1. The van der Waals surface area contributed by atoms with Gasteiger partial charge in [-0.3, -0.25) is 14.7 Å². The summed E-state index contributed by atoms with van der Waals surface area (Å²) in [5.74, 6) is -0.313. The number of benzene rings is 2. The maximum absolute atomic E-state index is 13.1. The molecule has 4 aromatic rings. The van der Waals surface area contributed by atoms with Crippen LogP contribution in [0.15, 0.2) is 59.5 Å². The highest BCUT2D eigenvalue weighted by Gasteiger charge is 2.14. The molecule has 8 heteroatoms. The van der Waals surface area contributed by atoms with E-state index >= 15 is 0 Å². The highest BCUT2D eigenvalue weighted by Crippen LogP contribution is 2.25. The highest BCUT2D eigenvalue weighted by atomic mass is 19.1. The molecule has 4 rings (SSSR count). The number of amides is 1. The number of aromatic amines is 1. The number of imidazole rings is 1. The van der Waals surface area contributed by atoms with Gasteiger partial charge in [-0.15, -0.1) is 0 Å². The first-order chi connectivity index (χ1) is 13.0. The van der Waals surface area contributed by atoms with Gasteiger partial charge in [0, 0.05) is 18.1 Å². The highest BCUT2D eigenvalue weighted by molar-refractivity contribution is 5.93. The maximum Gasteiger partial charge on any atom is 0.289 e. The van der Waals surface area contributed by atoms with Crippen molar-refractivity contribution in [1.82, 2.24) is 19.6 Å². The predicted octanol–water partition coefficient (Wildman–Crippen LogP) is 2.85. The number of nitrogens with one attached hydrogen (secondary N) is 2. The van der Waals surface area contributed by atoms with E-state index in [2.05, 4.69) is 20.4 Å². The number of hydrogen-bond donors (Lipinski definition) is 2. The smallest absolute Gasteiger partial charge is 0.289 e. The molecule has 1 amide bonds. The summed E-state index contributed by atoms with van der Waals surface area (Å²) in [4.78, 5) is 32.7. The molecule has 0 spiro atoms. The van der Waals surface area contributed by atoms with E-state index in [4.69, 9.17) is 0 Å². The second-order valence-electron chi connectivity index (χ2n) is 5.93. The van der Waals surface area contributed by atoms with E-state index in [1.807, 2.05) is 0 Å². The number of rotatable bonds is 3. The van der Waals surface area contributed by atoms with Gasteiger partial charge in [0.1, 0.15) is 11.5 Å². The average Bonchev–Trinajstić information content (AvgIpc) is 3.04. The van der Waals surface area contributed by atoms with E-state index < -0.39 is 5.56 Å². The Labute approximate surface area is 152 Å². The van der Waals surface area contributed by atoms with Crippen molar-refractivity contribution >= 4 is 17.4 Å². The van der Waals surface area contributed by atoms with Crippen molar-refractivity contribution in [3.8, 4) is 22.5 Å². The van der Waals surface area contributed by atoms with Gasteiger partial charge in [-0.2, -0.15) is 0 Å². The van der Waals surface area contributed by atoms with Gasteiger partial charge in [0.15, 0.2) is 0 Å². The van der Waals surface area contributed by atoms with Crippen molar-refractivity contribution in [2.24, 2.45) is 0 Å². The molecule has 0 saturated carbocycles. The van der Waals surface area contributed by atoms with Gasteiger partial charge < -0.3 is 5.32 Å². The molecule has 2 aromatic heterocycles. The van der Waals surface area contributed by atoms with Crippen molar-refractivity contribution in [2.75, 3.05) is 5.32 Å². The van der Waals surface area contributed by atoms with Gasteiger partial charge in [0.25, 0.3) is 5.56 Å². The molecule has 2 heterocycles. The van der Waals surface area contributed by atoms with Crippen LogP contribution in [0.4, 0.5) is 10.1 Å². The minimum Gasteiger partial charge on any atom is -0.326 e. The summed E-state index contributed by atoms with van der Waals surface area (Å²) in [7, 11) is 0. The van der Waals surface area contributed by atoms with Gasteiger partial charge in [-0.05, 0) is 30.3 Å². The zero-order valence-corrected chi connectivity index (χ0v) is 14.2. The third kappa shape index (κ3) is 3.20. The van der Waals surface area contributed by atoms with E-state index in [9.17, 15) is 14.0 Å². The topological polar surface area (TPSA) is 92.2 Å². The summed E-state index contributed by atoms with van der Waals surface area (Å²) in [6.45, 7) is 1.39. The van der Waals surface area contributed by atoms with Gasteiger partial charge in [0.2, 0.25) is 11.7 Å². The third-order valence-electron chi connectivity index (χ3n) is 3.97. The van der Waals surface area contributed by atoms with Gasteiger partial charge in [0.05, 0.1) is 17.6 Å². The number of anilines is 1. The molecule has 0 atom stereocenters. The van der Waals surface area contributed by atoms with Gasteiger partial charge in [-0.25, -0.2) is 18.9 Å². The average molecular weight is 363 g/mol. The number of carbonyl (C=O) groups is 1. The quantitative estimate of drug-likeness (QED) is 0.585. The molecule has 7 nitrogen and oxygen atoms in total. The molecule has 2 N–H and O–H groups in total. The van der Waals surface area contributed by atoms with E-state index in [-0.39, 0.29) is 23.2 Å². The zero-order valence-electron chi connectivity index (χ0n) is 14.2. The van der Waals surface area contributed by atoms with Crippen molar-refractivity contribution in [3.05, 3.63) is 70.9 Å². The second kappa shape index (κ2) is 6.49. The minimum absolute atomic E-state index is 0.142. The number of hydrogen-bond acceptors (Lipinski definition) is 4. The SMILES string of the molecule is CC(=O)Nc1ccccc1-c1nc2nc(-c3ccc(F)cc3)cn2[nH]c1=O. The molecular weight excluding hydrogens is 349 g/mol. The number of halogens is 1. The first-order valence-electron chi connectivity index (χ1n) is 8.13. The number of nitrogens with zero attached hydrogens (tertiary/aromatic N) is 3. The molecule has 0 saturated heterocycles. The summed E-state index contributed by atoms with van der Waals surface area (Å²) in [5.41, 5.74) is 1.93. The monoisotopic (exact) mass is 363 g/mol.